The number of carbonyl (C=O) groups is 1. The van der Waals surface area contributed by atoms with Gasteiger partial charge in [-0.1, -0.05) is 30.3 Å². The van der Waals surface area contributed by atoms with E-state index in [1.165, 1.54) is 5.56 Å². The highest BCUT2D eigenvalue weighted by atomic mass is 16.2. The van der Waals surface area contributed by atoms with Gasteiger partial charge in [-0.05, 0) is 33.3 Å². The van der Waals surface area contributed by atoms with Crippen LogP contribution in [-0.2, 0) is 11.3 Å². The van der Waals surface area contributed by atoms with Crippen molar-refractivity contribution >= 4 is 5.91 Å². The molecule has 0 aromatic heterocycles. The highest BCUT2D eigenvalue weighted by molar-refractivity contribution is 5.81. The zero-order valence-corrected chi connectivity index (χ0v) is 14.3. The molecule has 0 bridgehead atoms. The van der Waals surface area contributed by atoms with E-state index in [0.29, 0.717) is 0 Å². The summed E-state index contributed by atoms with van der Waals surface area (Å²) in [5.74, 6) is 0.129. The fourth-order valence-electron chi connectivity index (χ4n) is 2.79. The molecule has 1 aromatic rings. The van der Waals surface area contributed by atoms with Crippen LogP contribution in [0.5, 0.6) is 0 Å². The fourth-order valence-corrected chi connectivity index (χ4v) is 2.79. The van der Waals surface area contributed by atoms with Gasteiger partial charge < -0.3 is 5.32 Å². The SMILES string of the molecule is C[C@H](C(=O)NC(C)(C)C)N1CCN(Cc2ccccc2)CC1. The van der Waals surface area contributed by atoms with Crippen LogP contribution in [0.15, 0.2) is 30.3 Å². The number of benzene rings is 1. The van der Waals surface area contributed by atoms with Crippen LogP contribution in [0.3, 0.4) is 0 Å². The second-order valence-corrected chi connectivity index (χ2v) is 7.21. The molecular formula is C18H29N3O. The van der Waals surface area contributed by atoms with Crippen LogP contribution in [0.25, 0.3) is 0 Å². The first-order chi connectivity index (χ1) is 10.3. The van der Waals surface area contributed by atoms with Crippen LogP contribution in [-0.4, -0.2) is 53.5 Å². The number of nitrogens with one attached hydrogen (secondary N) is 1. The highest BCUT2D eigenvalue weighted by Gasteiger charge is 2.27. The molecule has 1 heterocycles. The lowest BCUT2D eigenvalue weighted by molar-refractivity contribution is -0.128. The highest BCUT2D eigenvalue weighted by Crippen LogP contribution is 2.11. The van der Waals surface area contributed by atoms with E-state index in [0.717, 1.165) is 32.7 Å². The molecule has 4 nitrogen and oxygen atoms in total. The van der Waals surface area contributed by atoms with Crippen molar-refractivity contribution < 1.29 is 4.79 Å². The Hall–Kier alpha value is -1.39. The maximum atomic E-state index is 12.3. The van der Waals surface area contributed by atoms with Crippen LogP contribution in [0.4, 0.5) is 0 Å². The van der Waals surface area contributed by atoms with Gasteiger partial charge in [0.1, 0.15) is 0 Å². The van der Waals surface area contributed by atoms with Crippen molar-refractivity contribution in [3.8, 4) is 0 Å². The van der Waals surface area contributed by atoms with Gasteiger partial charge in [-0.25, -0.2) is 0 Å². The average molecular weight is 303 g/mol. The number of nitrogens with zero attached hydrogens (tertiary/aromatic N) is 2. The zero-order valence-electron chi connectivity index (χ0n) is 14.3. The predicted octanol–water partition coefficient (Wildman–Crippen LogP) is 2.11. The second kappa shape index (κ2) is 7.25. The number of hydrogen-bond acceptors (Lipinski definition) is 3. The van der Waals surface area contributed by atoms with E-state index in [9.17, 15) is 4.79 Å². The molecule has 0 unspecified atom stereocenters. The molecule has 1 amide bonds. The minimum absolute atomic E-state index is 0.0573. The average Bonchev–Trinajstić information content (AvgIpc) is 2.46. The summed E-state index contributed by atoms with van der Waals surface area (Å²) >= 11 is 0. The van der Waals surface area contributed by atoms with Crippen molar-refractivity contribution in [1.82, 2.24) is 15.1 Å². The smallest absolute Gasteiger partial charge is 0.237 e. The molecular weight excluding hydrogens is 274 g/mol. The van der Waals surface area contributed by atoms with Crippen molar-refractivity contribution in [3.05, 3.63) is 35.9 Å². The van der Waals surface area contributed by atoms with Crippen LogP contribution in [0.1, 0.15) is 33.3 Å². The molecule has 1 aliphatic heterocycles. The van der Waals surface area contributed by atoms with Gasteiger partial charge in [-0.2, -0.15) is 0 Å². The topological polar surface area (TPSA) is 35.6 Å². The molecule has 0 aliphatic carbocycles. The molecule has 0 saturated carbocycles. The first-order valence-electron chi connectivity index (χ1n) is 8.17. The molecule has 2 rings (SSSR count). The minimum Gasteiger partial charge on any atom is -0.350 e. The number of carbonyl (C=O) groups excluding carboxylic acids is 1. The van der Waals surface area contributed by atoms with E-state index in [1.807, 2.05) is 27.7 Å². The van der Waals surface area contributed by atoms with E-state index >= 15 is 0 Å². The van der Waals surface area contributed by atoms with Crippen molar-refractivity contribution in [2.75, 3.05) is 26.2 Å². The molecule has 1 aliphatic rings. The summed E-state index contributed by atoms with van der Waals surface area (Å²) in [5.41, 5.74) is 1.19. The zero-order chi connectivity index (χ0) is 16.2. The molecule has 1 saturated heterocycles. The second-order valence-electron chi connectivity index (χ2n) is 7.21. The summed E-state index contributed by atoms with van der Waals surface area (Å²) in [6, 6.07) is 10.5. The van der Waals surface area contributed by atoms with Gasteiger partial charge in [-0.3, -0.25) is 14.6 Å². The van der Waals surface area contributed by atoms with Gasteiger partial charge in [0.15, 0.2) is 0 Å². The third-order valence-corrected chi connectivity index (χ3v) is 4.08. The maximum Gasteiger partial charge on any atom is 0.237 e. The lowest BCUT2D eigenvalue weighted by atomic mass is 10.1. The quantitative estimate of drug-likeness (QED) is 0.925. The van der Waals surface area contributed by atoms with E-state index in [-0.39, 0.29) is 17.5 Å². The Morgan fingerprint density at radius 2 is 1.73 bits per heavy atom. The molecule has 1 N–H and O–H groups in total. The van der Waals surface area contributed by atoms with Gasteiger partial charge in [0.05, 0.1) is 6.04 Å². The lowest BCUT2D eigenvalue weighted by Gasteiger charge is -2.38. The van der Waals surface area contributed by atoms with Crippen LogP contribution < -0.4 is 5.32 Å². The monoisotopic (exact) mass is 303 g/mol. The standard InChI is InChI=1S/C18H29N3O/c1-15(17(22)19-18(2,3)4)21-12-10-20(11-13-21)14-16-8-6-5-7-9-16/h5-9,15H,10-14H2,1-4H3,(H,19,22)/t15-/m1/s1. The van der Waals surface area contributed by atoms with Crippen molar-refractivity contribution in [2.24, 2.45) is 0 Å². The molecule has 122 valence electrons. The van der Waals surface area contributed by atoms with E-state index in [2.05, 4.69) is 45.4 Å². The molecule has 4 heteroatoms. The Balaban J connectivity index is 1.80. The fraction of sp³-hybridized carbons (Fsp3) is 0.611. The Morgan fingerprint density at radius 3 is 2.27 bits per heavy atom. The molecule has 22 heavy (non-hydrogen) atoms. The van der Waals surface area contributed by atoms with Gasteiger partial charge in [0, 0.05) is 38.3 Å². The summed E-state index contributed by atoms with van der Waals surface area (Å²) in [5, 5.41) is 3.07. The minimum atomic E-state index is -0.166. The van der Waals surface area contributed by atoms with E-state index in [1.54, 1.807) is 0 Å². The predicted molar refractivity (Wildman–Crippen MR) is 90.6 cm³/mol. The maximum absolute atomic E-state index is 12.3. The Morgan fingerprint density at radius 1 is 1.14 bits per heavy atom. The van der Waals surface area contributed by atoms with Crippen molar-refractivity contribution in [1.29, 1.82) is 0 Å². The van der Waals surface area contributed by atoms with Crippen LogP contribution >= 0.6 is 0 Å². The third kappa shape index (κ3) is 5.11. The number of amides is 1. The van der Waals surface area contributed by atoms with E-state index < -0.39 is 0 Å². The van der Waals surface area contributed by atoms with Gasteiger partial charge in [0.25, 0.3) is 0 Å². The van der Waals surface area contributed by atoms with Crippen LogP contribution in [0.2, 0.25) is 0 Å². The third-order valence-electron chi connectivity index (χ3n) is 4.08. The summed E-state index contributed by atoms with van der Waals surface area (Å²) in [6.07, 6.45) is 0. The molecule has 1 aromatic carbocycles. The first kappa shape index (κ1) is 17.0. The molecule has 1 fully saturated rings. The van der Waals surface area contributed by atoms with Crippen LogP contribution in [0, 0.1) is 0 Å². The Bertz CT molecular complexity index is 473. The summed E-state index contributed by atoms with van der Waals surface area (Å²) in [4.78, 5) is 17.0. The van der Waals surface area contributed by atoms with Crippen molar-refractivity contribution in [2.45, 2.75) is 45.8 Å². The Kier molecular flexibility index (Phi) is 5.59. The lowest BCUT2D eigenvalue weighted by Crippen LogP contribution is -2.56. The number of piperazine rings is 1. The van der Waals surface area contributed by atoms with E-state index in [4.69, 9.17) is 0 Å². The molecule has 1 atom stereocenters. The Labute approximate surface area is 134 Å². The molecule has 0 spiro atoms. The summed E-state index contributed by atoms with van der Waals surface area (Å²) in [6.45, 7) is 13.0. The molecule has 0 radical (unpaired) electrons. The number of rotatable bonds is 4. The number of hydrogen-bond donors (Lipinski definition) is 1. The normalized spacial score (nSPS) is 18.9. The summed E-state index contributed by atoms with van der Waals surface area (Å²) < 4.78 is 0. The van der Waals surface area contributed by atoms with Crippen molar-refractivity contribution in [3.63, 3.8) is 0 Å². The first-order valence-corrected chi connectivity index (χ1v) is 8.17. The van der Waals surface area contributed by atoms with Gasteiger partial charge >= 0.3 is 0 Å². The summed E-state index contributed by atoms with van der Waals surface area (Å²) in [7, 11) is 0. The van der Waals surface area contributed by atoms with Gasteiger partial charge in [-0.15, -0.1) is 0 Å². The largest absolute Gasteiger partial charge is 0.350 e. The van der Waals surface area contributed by atoms with Gasteiger partial charge in [0.2, 0.25) is 5.91 Å².